The first-order valence-electron chi connectivity index (χ1n) is 4.07. The number of nitrogens with two attached hydrogens (primary N) is 2. The Kier molecular flexibility index (Phi) is 2.55. The molecule has 0 atom stereocenters. The predicted molar refractivity (Wildman–Crippen MR) is 53.3 cm³/mol. The van der Waals surface area contributed by atoms with E-state index in [1.807, 2.05) is 0 Å². The molecule has 0 bridgehead atoms. The first kappa shape index (κ1) is 10.2. The van der Waals surface area contributed by atoms with Crippen molar-refractivity contribution in [2.45, 2.75) is 19.4 Å². The number of nitrogens with one attached hydrogen (secondary N) is 1. The van der Waals surface area contributed by atoms with Crippen LogP contribution in [-0.4, -0.2) is 21.4 Å². The molecule has 0 spiro atoms. The lowest BCUT2D eigenvalue weighted by molar-refractivity contribution is -0.121. The number of hydrogen-bond donors (Lipinski definition) is 3. The summed E-state index contributed by atoms with van der Waals surface area (Å²) >= 11 is 0. The van der Waals surface area contributed by atoms with Gasteiger partial charge >= 0.3 is 0 Å². The highest BCUT2D eigenvalue weighted by Gasteiger charge is 2.24. The van der Waals surface area contributed by atoms with Crippen LogP contribution in [0, 0.1) is 0 Å². The highest BCUT2D eigenvalue weighted by Crippen LogP contribution is 2.12. The average molecular weight is 195 g/mol. The van der Waals surface area contributed by atoms with Gasteiger partial charge in [0.1, 0.15) is 23.5 Å². The summed E-state index contributed by atoms with van der Waals surface area (Å²) in [5.74, 6) is 0.346. The Morgan fingerprint density at radius 3 is 2.64 bits per heavy atom. The van der Waals surface area contributed by atoms with E-state index in [1.54, 1.807) is 13.8 Å². The molecule has 1 aromatic rings. The van der Waals surface area contributed by atoms with Crippen molar-refractivity contribution in [1.29, 1.82) is 0 Å². The Bertz CT molecular complexity index is 349. The summed E-state index contributed by atoms with van der Waals surface area (Å²) in [6.07, 6.45) is 1.31. The van der Waals surface area contributed by atoms with E-state index in [1.165, 1.54) is 12.4 Å². The van der Waals surface area contributed by atoms with Crippen molar-refractivity contribution in [1.82, 2.24) is 9.97 Å². The molecule has 1 rings (SSSR count). The molecule has 14 heavy (non-hydrogen) atoms. The van der Waals surface area contributed by atoms with E-state index in [0.717, 1.165) is 0 Å². The van der Waals surface area contributed by atoms with E-state index < -0.39 is 11.4 Å². The first-order valence-corrected chi connectivity index (χ1v) is 4.07. The van der Waals surface area contributed by atoms with E-state index >= 15 is 0 Å². The number of primary amides is 1. The van der Waals surface area contributed by atoms with Crippen molar-refractivity contribution in [3.8, 4) is 0 Å². The van der Waals surface area contributed by atoms with Crippen LogP contribution < -0.4 is 16.8 Å². The molecule has 0 radical (unpaired) electrons. The van der Waals surface area contributed by atoms with E-state index in [-0.39, 0.29) is 0 Å². The maximum Gasteiger partial charge on any atom is 0.242 e. The quantitative estimate of drug-likeness (QED) is 0.615. The molecule has 1 aromatic heterocycles. The summed E-state index contributed by atoms with van der Waals surface area (Å²) in [5.41, 5.74) is 9.77. The minimum atomic E-state index is -0.860. The van der Waals surface area contributed by atoms with Crippen molar-refractivity contribution >= 4 is 17.5 Å². The molecule has 1 heterocycles. The maximum atomic E-state index is 11.0. The molecule has 0 aliphatic rings. The standard InChI is InChI=1S/C8H13N5O/c1-8(2,7(10)14)13-6-3-5(9)11-4-12-6/h3-4H,1-2H3,(H2,10,14)(H3,9,11,12,13). The largest absolute Gasteiger partial charge is 0.384 e. The molecule has 1 amide bonds. The summed E-state index contributed by atoms with van der Waals surface area (Å²) < 4.78 is 0. The van der Waals surface area contributed by atoms with E-state index in [9.17, 15) is 4.79 Å². The van der Waals surface area contributed by atoms with Gasteiger partial charge in [0, 0.05) is 6.07 Å². The Labute approximate surface area is 81.7 Å². The van der Waals surface area contributed by atoms with Crippen LogP contribution >= 0.6 is 0 Å². The van der Waals surface area contributed by atoms with E-state index in [2.05, 4.69) is 15.3 Å². The normalized spacial score (nSPS) is 11.0. The van der Waals surface area contributed by atoms with Gasteiger partial charge in [-0.3, -0.25) is 4.79 Å². The molecule has 76 valence electrons. The minimum Gasteiger partial charge on any atom is -0.384 e. The number of hydrogen-bond acceptors (Lipinski definition) is 5. The molecule has 5 N–H and O–H groups in total. The number of nitrogens with zero attached hydrogens (tertiary/aromatic N) is 2. The fraction of sp³-hybridized carbons (Fsp3) is 0.375. The van der Waals surface area contributed by atoms with Crippen LogP contribution in [0.25, 0.3) is 0 Å². The number of carbonyl (C=O) groups excluding carboxylic acids is 1. The number of aromatic nitrogens is 2. The zero-order chi connectivity index (χ0) is 10.8. The van der Waals surface area contributed by atoms with Crippen LogP contribution in [0.2, 0.25) is 0 Å². The molecule has 0 aromatic carbocycles. The summed E-state index contributed by atoms with van der Waals surface area (Å²) in [5, 5.41) is 2.85. The van der Waals surface area contributed by atoms with Crippen LogP contribution in [0.4, 0.5) is 11.6 Å². The zero-order valence-corrected chi connectivity index (χ0v) is 8.11. The Morgan fingerprint density at radius 1 is 1.50 bits per heavy atom. The van der Waals surface area contributed by atoms with Gasteiger partial charge in [-0.1, -0.05) is 0 Å². The number of rotatable bonds is 3. The second-order valence-electron chi connectivity index (χ2n) is 3.44. The molecular formula is C8H13N5O. The molecule has 6 heteroatoms. The van der Waals surface area contributed by atoms with Crippen molar-refractivity contribution < 1.29 is 4.79 Å². The molecule has 0 aliphatic heterocycles. The second-order valence-corrected chi connectivity index (χ2v) is 3.44. The van der Waals surface area contributed by atoms with Gasteiger partial charge in [0.2, 0.25) is 5.91 Å². The first-order chi connectivity index (χ1) is 6.42. The molecule has 0 unspecified atom stereocenters. The SMILES string of the molecule is CC(C)(Nc1cc(N)ncn1)C(N)=O. The van der Waals surface area contributed by atoms with Gasteiger partial charge in [-0.25, -0.2) is 9.97 Å². The van der Waals surface area contributed by atoms with Crippen LogP contribution in [0.3, 0.4) is 0 Å². The highest BCUT2D eigenvalue weighted by atomic mass is 16.1. The monoisotopic (exact) mass is 195 g/mol. The van der Waals surface area contributed by atoms with E-state index in [0.29, 0.717) is 11.6 Å². The minimum absolute atomic E-state index is 0.336. The van der Waals surface area contributed by atoms with Crippen molar-refractivity contribution in [3.63, 3.8) is 0 Å². The number of nitrogen functional groups attached to an aromatic ring is 1. The van der Waals surface area contributed by atoms with Gasteiger partial charge in [0.15, 0.2) is 0 Å². The average Bonchev–Trinajstić information content (AvgIpc) is 2.02. The molecule has 0 saturated heterocycles. The van der Waals surface area contributed by atoms with Gasteiger partial charge in [0.25, 0.3) is 0 Å². The summed E-state index contributed by atoms with van der Waals surface area (Å²) in [7, 11) is 0. The van der Waals surface area contributed by atoms with E-state index in [4.69, 9.17) is 11.5 Å². The van der Waals surface area contributed by atoms with Crippen molar-refractivity contribution in [2.24, 2.45) is 5.73 Å². The molecule has 0 fully saturated rings. The predicted octanol–water partition coefficient (Wildman–Crippen LogP) is -0.265. The third-order valence-electron chi connectivity index (χ3n) is 1.74. The van der Waals surface area contributed by atoms with Gasteiger partial charge in [-0.05, 0) is 13.8 Å². The van der Waals surface area contributed by atoms with Crippen LogP contribution in [0.5, 0.6) is 0 Å². The molecule has 6 nitrogen and oxygen atoms in total. The molecule has 0 saturated carbocycles. The number of amides is 1. The Morgan fingerprint density at radius 2 is 2.14 bits per heavy atom. The fourth-order valence-corrected chi connectivity index (χ4v) is 0.822. The van der Waals surface area contributed by atoms with Crippen LogP contribution in [0.1, 0.15) is 13.8 Å². The Hall–Kier alpha value is -1.85. The van der Waals surface area contributed by atoms with Gasteiger partial charge in [0.05, 0.1) is 0 Å². The van der Waals surface area contributed by atoms with Gasteiger partial charge < -0.3 is 16.8 Å². The topological polar surface area (TPSA) is 107 Å². The molecule has 0 aliphatic carbocycles. The van der Waals surface area contributed by atoms with Gasteiger partial charge in [-0.15, -0.1) is 0 Å². The fourth-order valence-electron chi connectivity index (χ4n) is 0.822. The lowest BCUT2D eigenvalue weighted by Gasteiger charge is -2.22. The third kappa shape index (κ3) is 2.32. The smallest absolute Gasteiger partial charge is 0.242 e. The van der Waals surface area contributed by atoms with Crippen molar-refractivity contribution in [2.75, 3.05) is 11.1 Å². The second kappa shape index (κ2) is 3.49. The third-order valence-corrected chi connectivity index (χ3v) is 1.74. The van der Waals surface area contributed by atoms with Gasteiger partial charge in [-0.2, -0.15) is 0 Å². The lowest BCUT2D eigenvalue weighted by atomic mass is 10.1. The van der Waals surface area contributed by atoms with Crippen LogP contribution in [-0.2, 0) is 4.79 Å². The summed E-state index contributed by atoms with van der Waals surface area (Å²) in [6, 6.07) is 1.53. The number of anilines is 2. The highest BCUT2D eigenvalue weighted by molar-refractivity contribution is 5.86. The van der Waals surface area contributed by atoms with Crippen LogP contribution in [0.15, 0.2) is 12.4 Å². The lowest BCUT2D eigenvalue weighted by Crippen LogP contribution is -2.45. The molecular weight excluding hydrogens is 182 g/mol. The number of carbonyl (C=O) groups is 1. The van der Waals surface area contributed by atoms with Crippen molar-refractivity contribution in [3.05, 3.63) is 12.4 Å². The maximum absolute atomic E-state index is 11.0. The Balaban J connectivity index is 2.83. The summed E-state index contributed by atoms with van der Waals surface area (Å²) in [6.45, 7) is 3.32. The zero-order valence-electron chi connectivity index (χ0n) is 8.11. The summed E-state index contributed by atoms with van der Waals surface area (Å²) in [4.78, 5) is 18.6.